The summed E-state index contributed by atoms with van der Waals surface area (Å²) in [6, 6.07) is 9.47. The highest BCUT2D eigenvalue weighted by atomic mass is 32.1. The highest BCUT2D eigenvalue weighted by molar-refractivity contribution is 7.13. The average Bonchev–Trinajstić information content (AvgIpc) is 3.02. The second kappa shape index (κ2) is 7.00. The molecule has 0 spiro atoms. The van der Waals surface area contributed by atoms with Crippen molar-refractivity contribution in [3.63, 3.8) is 0 Å². The maximum atomic E-state index is 12.5. The summed E-state index contributed by atoms with van der Waals surface area (Å²) in [5, 5.41) is 3.10. The fourth-order valence-electron chi connectivity index (χ4n) is 2.62. The number of thiazole rings is 1. The number of carbonyl (C=O) groups excluding carboxylic acids is 1. The Balaban J connectivity index is 1.53. The topological polar surface area (TPSA) is 45.7 Å². The van der Waals surface area contributed by atoms with Crippen LogP contribution in [0.3, 0.4) is 0 Å². The fourth-order valence-corrected chi connectivity index (χ4v) is 3.47. The number of benzene rings is 1. The van der Waals surface area contributed by atoms with Crippen molar-refractivity contribution in [1.82, 2.24) is 9.88 Å². The normalized spacial score (nSPS) is 16.3. The first-order valence-corrected chi connectivity index (χ1v) is 8.69. The molecule has 5 nitrogen and oxygen atoms in total. The second-order valence-corrected chi connectivity index (χ2v) is 6.49. The van der Waals surface area contributed by atoms with Crippen LogP contribution in [-0.2, 0) is 4.79 Å². The van der Waals surface area contributed by atoms with Gasteiger partial charge in [-0.1, -0.05) is 18.2 Å². The van der Waals surface area contributed by atoms with Crippen molar-refractivity contribution in [2.75, 3.05) is 31.1 Å². The van der Waals surface area contributed by atoms with Gasteiger partial charge >= 0.3 is 0 Å². The summed E-state index contributed by atoms with van der Waals surface area (Å²) in [6.45, 7) is 6.86. The molecular weight excluding hydrogens is 310 g/mol. The predicted molar refractivity (Wildman–Crippen MR) is 92.2 cm³/mol. The third-order valence-electron chi connectivity index (χ3n) is 3.87. The molecule has 23 heavy (non-hydrogen) atoms. The van der Waals surface area contributed by atoms with E-state index in [0.29, 0.717) is 13.1 Å². The number of nitrogens with zero attached hydrogens (tertiary/aromatic N) is 3. The minimum Gasteiger partial charge on any atom is -0.481 e. The van der Waals surface area contributed by atoms with Crippen molar-refractivity contribution >= 4 is 22.4 Å². The largest absolute Gasteiger partial charge is 0.481 e. The number of aromatic nitrogens is 1. The molecule has 2 heterocycles. The highest BCUT2D eigenvalue weighted by Crippen LogP contribution is 2.21. The quantitative estimate of drug-likeness (QED) is 0.864. The van der Waals surface area contributed by atoms with Crippen LogP contribution in [0.1, 0.15) is 12.6 Å². The highest BCUT2D eigenvalue weighted by Gasteiger charge is 2.26. The Morgan fingerprint density at radius 3 is 2.52 bits per heavy atom. The molecule has 1 amide bonds. The molecule has 0 saturated carbocycles. The summed E-state index contributed by atoms with van der Waals surface area (Å²) in [6.07, 6.45) is -0.467. The third kappa shape index (κ3) is 3.82. The second-order valence-electron chi connectivity index (χ2n) is 5.66. The van der Waals surface area contributed by atoms with E-state index >= 15 is 0 Å². The molecule has 1 aliphatic rings. The Morgan fingerprint density at radius 1 is 1.22 bits per heavy atom. The number of hydrogen-bond acceptors (Lipinski definition) is 5. The number of anilines is 1. The molecule has 1 saturated heterocycles. The van der Waals surface area contributed by atoms with Gasteiger partial charge < -0.3 is 14.5 Å². The lowest BCUT2D eigenvalue weighted by Gasteiger charge is -2.35. The van der Waals surface area contributed by atoms with Gasteiger partial charge in [0.1, 0.15) is 5.75 Å². The Bertz CT molecular complexity index is 651. The molecule has 0 bridgehead atoms. The number of aryl methyl sites for hydroxylation is 1. The van der Waals surface area contributed by atoms with Gasteiger partial charge in [0.15, 0.2) is 11.2 Å². The predicted octanol–water partition coefficient (Wildman–Crippen LogP) is 2.57. The lowest BCUT2D eigenvalue weighted by molar-refractivity contribution is -0.138. The van der Waals surface area contributed by atoms with Crippen LogP contribution in [0.25, 0.3) is 0 Å². The summed E-state index contributed by atoms with van der Waals surface area (Å²) in [4.78, 5) is 21.2. The zero-order valence-corrected chi connectivity index (χ0v) is 14.3. The number of carbonyl (C=O) groups is 1. The zero-order chi connectivity index (χ0) is 16.2. The molecule has 0 aliphatic carbocycles. The number of piperazine rings is 1. The van der Waals surface area contributed by atoms with Gasteiger partial charge in [-0.05, 0) is 26.0 Å². The maximum absolute atomic E-state index is 12.5. The van der Waals surface area contributed by atoms with Gasteiger partial charge in [0.25, 0.3) is 5.91 Å². The van der Waals surface area contributed by atoms with Crippen LogP contribution < -0.4 is 9.64 Å². The molecule has 0 radical (unpaired) electrons. The Hall–Kier alpha value is -2.08. The van der Waals surface area contributed by atoms with Crippen LogP contribution in [0, 0.1) is 6.92 Å². The molecule has 2 aromatic rings. The standard InChI is InChI=1S/C17H21N3O2S/c1-13-12-23-17(18-13)20-10-8-19(9-11-20)16(21)14(2)22-15-6-4-3-5-7-15/h3-7,12,14H,8-11H2,1-2H3. The van der Waals surface area contributed by atoms with Gasteiger partial charge in [0.2, 0.25) is 0 Å². The van der Waals surface area contributed by atoms with E-state index in [0.717, 1.165) is 29.7 Å². The van der Waals surface area contributed by atoms with Crippen molar-refractivity contribution in [1.29, 1.82) is 0 Å². The van der Waals surface area contributed by atoms with Crippen LogP contribution in [0.5, 0.6) is 5.75 Å². The van der Waals surface area contributed by atoms with E-state index in [9.17, 15) is 4.79 Å². The van der Waals surface area contributed by atoms with E-state index in [2.05, 4.69) is 15.3 Å². The molecule has 1 aliphatic heterocycles. The Labute approximate surface area is 140 Å². The van der Waals surface area contributed by atoms with Gasteiger partial charge in [0.05, 0.1) is 5.69 Å². The average molecular weight is 331 g/mol. The molecule has 1 unspecified atom stereocenters. The van der Waals surface area contributed by atoms with Crippen LogP contribution in [0.15, 0.2) is 35.7 Å². The molecule has 6 heteroatoms. The molecule has 0 N–H and O–H groups in total. The lowest BCUT2D eigenvalue weighted by atomic mass is 10.2. The van der Waals surface area contributed by atoms with Crippen LogP contribution in [0.4, 0.5) is 5.13 Å². The van der Waals surface area contributed by atoms with E-state index in [1.807, 2.05) is 49.1 Å². The summed E-state index contributed by atoms with van der Waals surface area (Å²) in [5.74, 6) is 0.772. The fraction of sp³-hybridized carbons (Fsp3) is 0.412. The maximum Gasteiger partial charge on any atom is 0.263 e. The van der Waals surface area contributed by atoms with Crippen molar-refractivity contribution in [3.05, 3.63) is 41.4 Å². The molecule has 1 fully saturated rings. The molecular formula is C17H21N3O2S. The molecule has 1 aromatic heterocycles. The SMILES string of the molecule is Cc1csc(N2CCN(C(=O)C(C)Oc3ccccc3)CC2)n1. The van der Waals surface area contributed by atoms with E-state index in [-0.39, 0.29) is 5.91 Å². The molecule has 3 rings (SSSR count). The van der Waals surface area contributed by atoms with Gasteiger partial charge in [-0.25, -0.2) is 4.98 Å². The number of para-hydroxylation sites is 1. The number of amides is 1. The first-order chi connectivity index (χ1) is 11.1. The van der Waals surface area contributed by atoms with Crippen LogP contribution >= 0.6 is 11.3 Å². The van der Waals surface area contributed by atoms with E-state index in [4.69, 9.17) is 4.74 Å². The minimum absolute atomic E-state index is 0.0452. The van der Waals surface area contributed by atoms with Crippen molar-refractivity contribution < 1.29 is 9.53 Å². The number of hydrogen-bond donors (Lipinski definition) is 0. The van der Waals surface area contributed by atoms with Gasteiger partial charge in [-0.15, -0.1) is 11.3 Å². The minimum atomic E-state index is -0.467. The first-order valence-electron chi connectivity index (χ1n) is 7.81. The number of rotatable bonds is 4. The van der Waals surface area contributed by atoms with Crippen LogP contribution in [-0.4, -0.2) is 48.1 Å². The van der Waals surface area contributed by atoms with Gasteiger partial charge in [-0.2, -0.15) is 0 Å². The zero-order valence-electron chi connectivity index (χ0n) is 13.4. The smallest absolute Gasteiger partial charge is 0.263 e. The van der Waals surface area contributed by atoms with E-state index < -0.39 is 6.10 Å². The van der Waals surface area contributed by atoms with Gasteiger partial charge in [0, 0.05) is 31.6 Å². The first kappa shape index (κ1) is 15.8. The summed E-state index contributed by atoms with van der Waals surface area (Å²) in [7, 11) is 0. The number of ether oxygens (including phenoxy) is 1. The van der Waals surface area contributed by atoms with Crippen LogP contribution in [0.2, 0.25) is 0 Å². The summed E-state index contributed by atoms with van der Waals surface area (Å²) < 4.78 is 5.73. The summed E-state index contributed by atoms with van der Waals surface area (Å²) in [5.41, 5.74) is 1.05. The van der Waals surface area contributed by atoms with Crippen molar-refractivity contribution in [2.24, 2.45) is 0 Å². The Morgan fingerprint density at radius 2 is 1.91 bits per heavy atom. The van der Waals surface area contributed by atoms with Gasteiger partial charge in [-0.3, -0.25) is 4.79 Å². The van der Waals surface area contributed by atoms with Crippen molar-refractivity contribution in [2.45, 2.75) is 20.0 Å². The lowest BCUT2D eigenvalue weighted by Crippen LogP contribution is -2.52. The van der Waals surface area contributed by atoms with E-state index in [1.165, 1.54) is 0 Å². The molecule has 1 atom stereocenters. The van der Waals surface area contributed by atoms with Crippen molar-refractivity contribution in [3.8, 4) is 5.75 Å². The Kier molecular flexibility index (Phi) is 4.81. The monoisotopic (exact) mass is 331 g/mol. The summed E-state index contributed by atoms with van der Waals surface area (Å²) >= 11 is 1.66. The molecule has 122 valence electrons. The third-order valence-corrected chi connectivity index (χ3v) is 4.89. The van der Waals surface area contributed by atoms with E-state index in [1.54, 1.807) is 11.3 Å². The molecule has 1 aromatic carbocycles.